The third-order valence-electron chi connectivity index (χ3n) is 6.50. The molecule has 1 fully saturated rings. The van der Waals surface area contributed by atoms with E-state index in [0.29, 0.717) is 11.8 Å². The topological polar surface area (TPSA) is 41.6 Å². The maximum Gasteiger partial charge on any atom is 0.141 e. The average molecular weight is 464 g/mol. The fraction of sp³-hybridized carbons (Fsp3) is 0.440. The van der Waals surface area contributed by atoms with Crippen molar-refractivity contribution in [1.82, 2.24) is 15.0 Å². The molecule has 2 heterocycles. The van der Waals surface area contributed by atoms with Crippen LogP contribution in [-0.2, 0) is 6.42 Å². The van der Waals surface area contributed by atoms with Gasteiger partial charge in [-0.15, -0.1) is 24.8 Å². The maximum atomic E-state index is 13.1. The highest BCUT2D eigenvalue weighted by Crippen LogP contribution is 2.45. The molecule has 0 radical (unpaired) electrons. The van der Waals surface area contributed by atoms with E-state index in [-0.39, 0.29) is 36.0 Å². The highest BCUT2D eigenvalue weighted by atomic mass is 35.5. The fourth-order valence-corrected chi connectivity index (χ4v) is 4.41. The molecule has 1 aliphatic carbocycles. The first-order chi connectivity index (χ1) is 13.9. The van der Waals surface area contributed by atoms with Crippen LogP contribution in [0.25, 0.3) is 11.3 Å². The molecule has 0 bridgehead atoms. The number of pyridine rings is 1. The van der Waals surface area contributed by atoms with Crippen LogP contribution in [0.3, 0.4) is 0 Å². The zero-order valence-corrected chi connectivity index (χ0v) is 20.0. The Labute approximate surface area is 197 Å². The predicted molar refractivity (Wildman–Crippen MR) is 130 cm³/mol. The van der Waals surface area contributed by atoms with Crippen molar-refractivity contribution in [2.45, 2.75) is 64.7 Å². The van der Waals surface area contributed by atoms with E-state index in [1.165, 1.54) is 42.8 Å². The Morgan fingerprint density at radius 2 is 1.74 bits per heavy atom. The Morgan fingerprint density at radius 1 is 1.03 bits per heavy atom. The van der Waals surface area contributed by atoms with Gasteiger partial charge in [0.15, 0.2) is 0 Å². The molecule has 0 amide bonds. The van der Waals surface area contributed by atoms with Crippen LogP contribution in [0.4, 0.5) is 4.39 Å². The maximum absolute atomic E-state index is 13.1. The van der Waals surface area contributed by atoms with Crippen LogP contribution < -0.4 is 0 Å². The SMILES string of the molecule is CCC(C)(C)Cc1c[nH]c(C2CCCC2c2ccc(-c3ccc(F)cn3)cc2)n1.Cl.Cl. The number of aromatic nitrogens is 3. The van der Waals surface area contributed by atoms with Gasteiger partial charge < -0.3 is 4.98 Å². The molecule has 1 aromatic carbocycles. The lowest BCUT2D eigenvalue weighted by Gasteiger charge is -2.21. The summed E-state index contributed by atoms with van der Waals surface area (Å²) in [6.45, 7) is 6.85. The van der Waals surface area contributed by atoms with Gasteiger partial charge in [0.1, 0.15) is 11.6 Å². The highest BCUT2D eigenvalue weighted by Gasteiger charge is 2.32. The van der Waals surface area contributed by atoms with E-state index in [4.69, 9.17) is 4.98 Å². The van der Waals surface area contributed by atoms with Crippen molar-refractivity contribution in [3.05, 3.63) is 71.7 Å². The Hall–Kier alpha value is -1.91. The van der Waals surface area contributed by atoms with E-state index in [1.807, 2.05) is 0 Å². The Morgan fingerprint density at radius 3 is 2.39 bits per heavy atom. The number of hydrogen-bond donors (Lipinski definition) is 1. The molecule has 0 aliphatic heterocycles. The lowest BCUT2D eigenvalue weighted by atomic mass is 9.85. The molecule has 0 spiro atoms. The molecule has 3 aromatic rings. The molecule has 2 atom stereocenters. The van der Waals surface area contributed by atoms with Crippen LogP contribution in [0.1, 0.15) is 75.4 Å². The van der Waals surface area contributed by atoms with Gasteiger partial charge in [0.05, 0.1) is 17.6 Å². The lowest BCUT2D eigenvalue weighted by molar-refractivity contribution is 0.345. The highest BCUT2D eigenvalue weighted by molar-refractivity contribution is 5.85. The molecular formula is C25H32Cl2FN3. The number of imidazole rings is 1. The molecular weight excluding hydrogens is 432 g/mol. The Kier molecular flexibility index (Phi) is 8.67. The summed E-state index contributed by atoms with van der Waals surface area (Å²) < 4.78 is 13.1. The van der Waals surface area contributed by atoms with E-state index < -0.39 is 0 Å². The predicted octanol–water partition coefficient (Wildman–Crippen LogP) is 7.48. The van der Waals surface area contributed by atoms with E-state index in [0.717, 1.165) is 29.9 Å². The summed E-state index contributed by atoms with van der Waals surface area (Å²) in [5.41, 5.74) is 4.63. The van der Waals surface area contributed by atoms with Gasteiger partial charge in [-0.05, 0) is 48.3 Å². The molecule has 1 aliphatic rings. The summed E-state index contributed by atoms with van der Waals surface area (Å²) in [4.78, 5) is 12.6. The largest absolute Gasteiger partial charge is 0.348 e. The quantitative estimate of drug-likeness (QED) is 0.411. The van der Waals surface area contributed by atoms with Gasteiger partial charge in [0.2, 0.25) is 0 Å². The Bertz CT molecular complexity index is 952. The summed E-state index contributed by atoms with van der Waals surface area (Å²) in [7, 11) is 0. The van der Waals surface area contributed by atoms with Crippen molar-refractivity contribution in [2.75, 3.05) is 0 Å². The fourth-order valence-electron chi connectivity index (χ4n) is 4.41. The van der Waals surface area contributed by atoms with Crippen LogP contribution in [0, 0.1) is 11.2 Å². The van der Waals surface area contributed by atoms with Crippen molar-refractivity contribution in [3.8, 4) is 11.3 Å². The smallest absolute Gasteiger partial charge is 0.141 e. The van der Waals surface area contributed by atoms with E-state index in [2.05, 4.69) is 61.2 Å². The number of nitrogens with one attached hydrogen (secondary N) is 1. The second-order valence-corrected chi connectivity index (χ2v) is 9.10. The second-order valence-electron chi connectivity index (χ2n) is 9.10. The normalized spacial score (nSPS) is 18.3. The lowest BCUT2D eigenvalue weighted by Crippen LogP contribution is -2.13. The second kappa shape index (κ2) is 10.6. The number of halogens is 3. The summed E-state index contributed by atoms with van der Waals surface area (Å²) in [5, 5.41) is 0. The van der Waals surface area contributed by atoms with Crippen LogP contribution in [0.5, 0.6) is 0 Å². The molecule has 6 heteroatoms. The Balaban J connectivity index is 0.00000171. The minimum atomic E-state index is -0.306. The molecule has 1 saturated carbocycles. The van der Waals surface area contributed by atoms with Gasteiger partial charge in [-0.3, -0.25) is 4.98 Å². The zero-order valence-electron chi connectivity index (χ0n) is 18.4. The van der Waals surface area contributed by atoms with Gasteiger partial charge in [-0.1, -0.05) is 57.9 Å². The van der Waals surface area contributed by atoms with Crippen LogP contribution in [-0.4, -0.2) is 15.0 Å². The minimum Gasteiger partial charge on any atom is -0.348 e. The van der Waals surface area contributed by atoms with Crippen LogP contribution >= 0.6 is 24.8 Å². The van der Waals surface area contributed by atoms with Crippen molar-refractivity contribution < 1.29 is 4.39 Å². The van der Waals surface area contributed by atoms with E-state index >= 15 is 0 Å². The third kappa shape index (κ3) is 5.87. The molecule has 31 heavy (non-hydrogen) atoms. The van der Waals surface area contributed by atoms with Crippen LogP contribution in [0.2, 0.25) is 0 Å². The molecule has 1 N–H and O–H groups in total. The summed E-state index contributed by atoms with van der Waals surface area (Å²) >= 11 is 0. The monoisotopic (exact) mass is 463 g/mol. The summed E-state index contributed by atoms with van der Waals surface area (Å²) in [6.07, 6.45) is 9.13. The van der Waals surface area contributed by atoms with Gasteiger partial charge in [-0.25, -0.2) is 9.37 Å². The summed E-state index contributed by atoms with van der Waals surface area (Å²) in [6, 6.07) is 11.8. The summed E-state index contributed by atoms with van der Waals surface area (Å²) in [5.74, 6) is 1.77. The van der Waals surface area contributed by atoms with Crippen molar-refractivity contribution in [1.29, 1.82) is 0 Å². The number of hydrogen-bond acceptors (Lipinski definition) is 2. The molecule has 3 nitrogen and oxygen atoms in total. The standard InChI is InChI=1S/C25H30FN3.2ClH/c1-4-25(2,3)14-20-16-28-24(29-20)22-7-5-6-21(22)17-8-10-18(11-9-17)23-13-12-19(26)15-27-23;;/h8-13,15-16,21-22H,4-7,14H2,1-3H3,(H,28,29);2*1H. The first-order valence-electron chi connectivity index (χ1n) is 10.7. The number of benzene rings is 1. The number of nitrogens with zero attached hydrogens (tertiary/aromatic N) is 2. The average Bonchev–Trinajstić information content (AvgIpc) is 3.38. The van der Waals surface area contributed by atoms with Crippen LogP contribution in [0.15, 0.2) is 48.8 Å². The molecule has 0 saturated heterocycles. The number of H-pyrrole nitrogens is 1. The van der Waals surface area contributed by atoms with Crippen molar-refractivity contribution >= 4 is 24.8 Å². The van der Waals surface area contributed by atoms with Gasteiger partial charge in [0.25, 0.3) is 0 Å². The first kappa shape index (κ1) is 25.4. The van der Waals surface area contributed by atoms with E-state index in [9.17, 15) is 4.39 Å². The number of aromatic amines is 1. The third-order valence-corrected chi connectivity index (χ3v) is 6.50. The number of rotatable bonds is 6. The van der Waals surface area contributed by atoms with E-state index in [1.54, 1.807) is 6.07 Å². The minimum absolute atomic E-state index is 0. The van der Waals surface area contributed by atoms with Gasteiger partial charge >= 0.3 is 0 Å². The zero-order chi connectivity index (χ0) is 20.4. The van der Waals surface area contributed by atoms with Crippen molar-refractivity contribution in [2.24, 2.45) is 5.41 Å². The van der Waals surface area contributed by atoms with Crippen molar-refractivity contribution in [3.63, 3.8) is 0 Å². The molecule has 4 rings (SSSR count). The first-order valence-corrected chi connectivity index (χ1v) is 10.7. The molecule has 2 unspecified atom stereocenters. The molecule has 168 valence electrons. The van der Waals surface area contributed by atoms with Gasteiger partial charge in [-0.2, -0.15) is 0 Å². The molecule has 2 aromatic heterocycles. The van der Waals surface area contributed by atoms with Gasteiger partial charge in [0, 0.05) is 17.7 Å².